The van der Waals surface area contributed by atoms with Crippen LogP contribution < -0.4 is 10.6 Å². The maximum atomic E-state index is 12.5. The van der Waals surface area contributed by atoms with E-state index in [2.05, 4.69) is 15.7 Å². The number of nitrogens with zero attached hydrogens (tertiary/aromatic N) is 2. The number of hydrogen-bond donors (Lipinski definition) is 2. The maximum absolute atomic E-state index is 12.5. The van der Waals surface area contributed by atoms with E-state index in [1.165, 1.54) is 6.92 Å². The molecule has 1 aliphatic heterocycles. The number of anilines is 2. The summed E-state index contributed by atoms with van der Waals surface area (Å²) in [4.78, 5) is 37.1. The lowest BCUT2D eigenvalue weighted by molar-refractivity contribution is -0.150. The minimum absolute atomic E-state index is 0.0118. The average Bonchev–Trinajstić information content (AvgIpc) is 3.16. The number of ether oxygens (including phenoxy) is 2. The normalized spacial score (nSPS) is 14.4. The van der Waals surface area contributed by atoms with E-state index in [9.17, 15) is 14.4 Å². The van der Waals surface area contributed by atoms with Crippen molar-refractivity contribution in [3.63, 3.8) is 0 Å². The van der Waals surface area contributed by atoms with Crippen LogP contribution in [0, 0.1) is 13.8 Å². The van der Waals surface area contributed by atoms with Gasteiger partial charge in [-0.2, -0.15) is 5.10 Å². The number of hydrogen-bond acceptors (Lipinski definition) is 7. The van der Waals surface area contributed by atoms with E-state index in [1.807, 2.05) is 13.0 Å². The van der Waals surface area contributed by atoms with Crippen LogP contribution in [-0.4, -0.2) is 40.2 Å². The van der Waals surface area contributed by atoms with E-state index in [4.69, 9.17) is 9.47 Å². The first-order valence-electron chi connectivity index (χ1n) is 9.02. The molecule has 1 aliphatic rings. The predicted molar refractivity (Wildman–Crippen MR) is 105 cm³/mol. The number of ketones is 1. The summed E-state index contributed by atoms with van der Waals surface area (Å²) < 4.78 is 12.1. The van der Waals surface area contributed by atoms with Gasteiger partial charge in [0.1, 0.15) is 0 Å². The summed E-state index contributed by atoms with van der Waals surface area (Å²) in [5.74, 6) is -1.95. The lowest BCUT2D eigenvalue weighted by atomic mass is 10.2. The van der Waals surface area contributed by atoms with Gasteiger partial charge in [-0.25, -0.2) is 4.79 Å². The van der Waals surface area contributed by atoms with Gasteiger partial charge in [0.2, 0.25) is 11.7 Å². The maximum Gasteiger partial charge on any atom is 0.348 e. The van der Waals surface area contributed by atoms with Crippen LogP contribution in [0.3, 0.4) is 0 Å². The Morgan fingerprint density at radius 2 is 1.93 bits per heavy atom. The summed E-state index contributed by atoms with van der Waals surface area (Å²) >= 11 is 0. The van der Waals surface area contributed by atoms with E-state index in [0.717, 1.165) is 5.69 Å². The highest BCUT2D eigenvalue weighted by Crippen LogP contribution is 2.22. The summed E-state index contributed by atoms with van der Waals surface area (Å²) in [5.41, 5.74) is 2.38. The lowest BCUT2D eigenvalue weighted by Crippen LogP contribution is -2.32. The van der Waals surface area contributed by atoms with Crippen molar-refractivity contribution < 1.29 is 23.9 Å². The molecule has 9 heteroatoms. The van der Waals surface area contributed by atoms with Gasteiger partial charge in [0, 0.05) is 12.7 Å². The molecule has 0 fully saturated rings. The number of carbonyl (C=O) groups excluding carboxylic acids is 3. The van der Waals surface area contributed by atoms with E-state index in [1.54, 1.807) is 42.9 Å². The van der Waals surface area contributed by atoms with Crippen molar-refractivity contribution in [1.82, 2.24) is 9.78 Å². The fourth-order valence-electron chi connectivity index (χ4n) is 2.82. The molecule has 1 aromatic carbocycles. The van der Waals surface area contributed by atoms with Gasteiger partial charge in [-0.1, -0.05) is 18.2 Å². The second-order valence-corrected chi connectivity index (χ2v) is 6.61. The minimum Gasteiger partial charge on any atom is -0.470 e. The number of benzene rings is 1. The SMILES string of the molecule is Cc1nn(C)c(C)c1NC(=O)[C@H](C)OC(=O)C1=C(Nc2ccccc2)OCC1=O. The van der Waals surface area contributed by atoms with Gasteiger partial charge >= 0.3 is 5.97 Å². The second-order valence-electron chi connectivity index (χ2n) is 6.61. The van der Waals surface area contributed by atoms with Crippen molar-refractivity contribution in [2.75, 3.05) is 17.2 Å². The van der Waals surface area contributed by atoms with E-state index in [0.29, 0.717) is 17.1 Å². The molecule has 0 radical (unpaired) electrons. The third kappa shape index (κ3) is 4.29. The lowest BCUT2D eigenvalue weighted by Gasteiger charge is -2.14. The standard InChI is InChI=1S/C20H22N4O5/c1-11-17(12(2)24(4)23-11)22-18(26)13(3)29-20(27)16-15(25)10-28-19(16)21-14-8-6-5-7-9-14/h5-9,13,21H,10H2,1-4H3,(H,22,26)/t13-/m0/s1. The van der Waals surface area contributed by atoms with Crippen LogP contribution in [-0.2, 0) is 30.9 Å². The van der Waals surface area contributed by atoms with Crippen LogP contribution >= 0.6 is 0 Å². The molecule has 152 valence electrons. The van der Waals surface area contributed by atoms with Gasteiger partial charge in [-0.15, -0.1) is 0 Å². The number of nitrogens with one attached hydrogen (secondary N) is 2. The fraction of sp³-hybridized carbons (Fsp3) is 0.300. The molecular weight excluding hydrogens is 376 g/mol. The number of rotatable bonds is 6. The van der Waals surface area contributed by atoms with Crippen LogP contribution in [0.4, 0.5) is 11.4 Å². The van der Waals surface area contributed by atoms with Crippen molar-refractivity contribution in [2.45, 2.75) is 26.9 Å². The molecule has 2 aromatic rings. The van der Waals surface area contributed by atoms with Gasteiger partial charge in [0.15, 0.2) is 18.3 Å². The first-order valence-corrected chi connectivity index (χ1v) is 9.02. The van der Waals surface area contributed by atoms with Gasteiger partial charge in [-0.05, 0) is 32.9 Å². The smallest absolute Gasteiger partial charge is 0.348 e. The van der Waals surface area contributed by atoms with Crippen LogP contribution in [0.25, 0.3) is 0 Å². The summed E-state index contributed by atoms with van der Waals surface area (Å²) in [6, 6.07) is 8.95. The molecule has 1 atom stereocenters. The van der Waals surface area contributed by atoms with Crippen LogP contribution in [0.5, 0.6) is 0 Å². The Hall–Kier alpha value is -3.62. The Kier molecular flexibility index (Phi) is 5.67. The molecule has 0 unspecified atom stereocenters. The summed E-state index contributed by atoms with van der Waals surface area (Å²) in [5, 5.41) is 9.82. The van der Waals surface area contributed by atoms with Crippen LogP contribution in [0.1, 0.15) is 18.3 Å². The molecule has 3 rings (SSSR count). The third-order valence-corrected chi connectivity index (χ3v) is 4.50. The number of para-hydroxylation sites is 1. The Balaban J connectivity index is 1.71. The fourth-order valence-corrected chi connectivity index (χ4v) is 2.82. The number of aryl methyl sites for hydroxylation is 2. The van der Waals surface area contributed by atoms with E-state index in [-0.39, 0.29) is 18.1 Å². The Morgan fingerprint density at radius 1 is 1.24 bits per heavy atom. The summed E-state index contributed by atoms with van der Waals surface area (Å²) in [6.07, 6.45) is -1.12. The highest BCUT2D eigenvalue weighted by atomic mass is 16.6. The monoisotopic (exact) mass is 398 g/mol. The second kappa shape index (κ2) is 8.17. The van der Waals surface area contributed by atoms with Gasteiger partial charge in [0.05, 0.1) is 17.1 Å². The Labute approximate surface area is 167 Å². The first kappa shape index (κ1) is 20.1. The highest BCUT2D eigenvalue weighted by molar-refractivity contribution is 6.20. The molecule has 29 heavy (non-hydrogen) atoms. The molecule has 9 nitrogen and oxygen atoms in total. The Morgan fingerprint density at radius 3 is 2.55 bits per heavy atom. The first-order chi connectivity index (χ1) is 13.8. The molecule has 1 aromatic heterocycles. The summed E-state index contributed by atoms with van der Waals surface area (Å²) in [6.45, 7) is 4.74. The number of carbonyl (C=O) groups is 3. The van der Waals surface area contributed by atoms with Crippen molar-refractivity contribution in [1.29, 1.82) is 0 Å². The molecule has 0 saturated carbocycles. The zero-order chi connectivity index (χ0) is 21.1. The molecule has 0 spiro atoms. The number of esters is 1. The molecule has 1 amide bonds. The molecule has 2 N–H and O–H groups in total. The minimum atomic E-state index is -1.12. The predicted octanol–water partition coefficient (Wildman–Crippen LogP) is 1.83. The topological polar surface area (TPSA) is 112 Å². The van der Waals surface area contributed by atoms with Crippen LogP contribution in [0.2, 0.25) is 0 Å². The van der Waals surface area contributed by atoms with E-state index >= 15 is 0 Å². The van der Waals surface area contributed by atoms with Crippen molar-refractivity contribution >= 4 is 29.0 Å². The molecule has 0 bridgehead atoms. The zero-order valence-corrected chi connectivity index (χ0v) is 16.6. The number of Topliss-reactive ketones (excluding diaryl/α,β-unsaturated/α-hetero) is 1. The third-order valence-electron chi connectivity index (χ3n) is 4.50. The number of amides is 1. The van der Waals surface area contributed by atoms with Crippen LogP contribution in [0.15, 0.2) is 41.8 Å². The Bertz CT molecular complexity index is 994. The van der Waals surface area contributed by atoms with Gasteiger partial charge < -0.3 is 20.1 Å². The molecule has 0 aliphatic carbocycles. The molecular formula is C20H22N4O5. The van der Waals surface area contributed by atoms with Crippen molar-refractivity contribution in [2.24, 2.45) is 7.05 Å². The van der Waals surface area contributed by atoms with Gasteiger partial charge in [0.25, 0.3) is 5.91 Å². The van der Waals surface area contributed by atoms with Crippen molar-refractivity contribution in [3.05, 3.63) is 53.2 Å². The largest absolute Gasteiger partial charge is 0.470 e. The zero-order valence-electron chi connectivity index (χ0n) is 16.6. The average molecular weight is 398 g/mol. The molecule has 2 heterocycles. The van der Waals surface area contributed by atoms with Gasteiger partial charge in [-0.3, -0.25) is 14.3 Å². The molecule has 0 saturated heterocycles. The summed E-state index contributed by atoms with van der Waals surface area (Å²) in [7, 11) is 1.76. The van der Waals surface area contributed by atoms with E-state index < -0.39 is 23.8 Å². The number of aromatic nitrogens is 2. The highest BCUT2D eigenvalue weighted by Gasteiger charge is 2.34. The van der Waals surface area contributed by atoms with Crippen molar-refractivity contribution in [3.8, 4) is 0 Å². The quantitative estimate of drug-likeness (QED) is 0.564.